The van der Waals surface area contributed by atoms with E-state index in [4.69, 9.17) is 0 Å². The van der Waals surface area contributed by atoms with E-state index in [2.05, 4.69) is 49.6 Å². The van der Waals surface area contributed by atoms with Crippen LogP contribution in [0.15, 0.2) is 48.5 Å². The van der Waals surface area contributed by atoms with E-state index in [1.54, 1.807) is 0 Å². The normalized spacial score (nSPS) is 10.5. The molecular formula is C19H24N2O. The highest BCUT2D eigenvalue weighted by molar-refractivity contribution is 5.93. The van der Waals surface area contributed by atoms with Crippen molar-refractivity contribution >= 4 is 17.3 Å². The molecule has 2 rings (SSSR count). The molecule has 22 heavy (non-hydrogen) atoms. The topological polar surface area (TPSA) is 41.1 Å². The van der Waals surface area contributed by atoms with Crippen molar-refractivity contribution in [1.29, 1.82) is 0 Å². The number of carbonyl (C=O) groups is 1. The minimum atomic E-state index is -0.0387. The van der Waals surface area contributed by atoms with E-state index < -0.39 is 0 Å². The Kier molecular flexibility index (Phi) is 5.59. The van der Waals surface area contributed by atoms with E-state index in [-0.39, 0.29) is 12.5 Å². The number of aryl methyl sites for hydroxylation is 1. The van der Waals surface area contributed by atoms with Gasteiger partial charge in [-0.3, -0.25) is 4.79 Å². The van der Waals surface area contributed by atoms with Crippen LogP contribution in [-0.2, 0) is 11.2 Å². The number of hydrogen-bond acceptors (Lipinski definition) is 2. The summed E-state index contributed by atoms with van der Waals surface area (Å²) >= 11 is 0. The molecule has 0 spiro atoms. The minimum absolute atomic E-state index is 0.0387. The van der Waals surface area contributed by atoms with Crippen LogP contribution in [0.5, 0.6) is 0 Å². The molecule has 0 fully saturated rings. The Hall–Kier alpha value is -2.29. The number of benzene rings is 2. The average Bonchev–Trinajstić information content (AvgIpc) is 2.53. The van der Waals surface area contributed by atoms with E-state index in [9.17, 15) is 4.79 Å². The highest BCUT2D eigenvalue weighted by Crippen LogP contribution is 2.17. The average molecular weight is 296 g/mol. The molecule has 0 radical (unpaired) electrons. The summed E-state index contributed by atoms with van der Waals surface area (Å²) < 4.78 is 0. The predicted molar refractivity (Wildman–Crippen MR) is 93.5 cm³/mol. The molecule has 1 amide bonds. The number of nitrogens with one attached hydrogen (secondary N) is 2. The molecule has 0 heterocycles. The molecule has 0 bridgehead atoms. The van der Waals surface area contributed by atoms with Crippen molar-refractivity contribution in [2.24, 2.45) is 0 Å². The first-order chi connectivity index (χ1) is 10.6. The summed E-state index contributed by atoms with van der Waals surface area (Å²) in [7, 11) is 0. The summed E-state index contributed by atoms with van der Waals surface area (Å²) in [5.41, 5.74) is 4.35. The van der Waals surface area contributed by atoms with Crippen LogP contribution in [0.25, 0.3) is 0 Å². The summed E-state index contributed by atoms with van der Waals surface area (Å²) in [6.45, 7) is 6.69. The van der Waals surface area contributed by atoms with Gasteiger partial charge in [0.1, 0.15) is 0 Å². The fraction of sp³-hybridized carbons (Fsp3) is 0.316. The molecule has 2 N–H and O–H groups in total. The van der Waals surface area contributed by atoms with Crippen molar-refractivity contribution in [2.45, 2.75) is 33.1 Å². The van der Waals surface area contributed by atoms with Gasteiger partial charge in [0.2, 0.25) is 5.91 Å². The van der Waals surface area contributed by atoms with Gasteiger partial charge in [-0.25, -0.2) is 0 Å². The zero-order chi connectivity index (χ0) is 15.9. The van der Waals surface area contributed by atoms with E-state index in [0.29, 0.717) is 5.92 Å². The Labute approximate surface area is 132 Å². The lowest BCUT2D eigenvalue weighted by Crippen LogP contribution is -2.22. The van der Waals surface area contributed by atoms with Gasteiger partial charge in [-0.05, 0) is 41.7 Å². The number of para-hydroxylation sites is 1. The third kappa shape index (κ3) is 4.35. The summed E-state index contributed by atoms with van der Waals surface area (Å²) in [4.78, 5) is 12.0. The van der Waals surface area contributed by atoms with E-state index in [1.807, 2.05) is 30.3 Å². The Morgan fingerprint density at radius 3 is 2.36 bits per heavy atom. The number of hydrogen-bond donors (Lipinski definition) is 2. The number of anilines is 2. The van der Waals surface area contributed by atoms with Gasteiger partial charge in [0.15, 0.2) is 0 Å². The van der Waals surface area contributed by atoms with E-state index >= 15 is 0 Å². The second kappa shape index (κ2) is 7.64. The van der Waals surface area contributed by atoms with E-state index in [0.717, 1.165) is 17.8 Å². The highest BCUT2D eigenvalue weighted by atomic mass is 16.1. The summed E-state index contributed by atoms with van der Waals surface area (Å²) in [6.07, 6.45) is 0.946. The van der Waals surface area contributed by atoms with Crippen LogP contribution in [0.4, 0.5) is 11.4 Å². The van der Waals surface area contributed by atoms with Gasteiger partial charge in [-0.2, -0.15) is 0 Å². The van der Waals surface area contributed by atoms with Crippen LogP contribution in [0.1, 0.15) is 37.8 Å². The molecule has 0 unspecified atom stereocenters. The second-order valence-electron chi connectivity index (χ2n) is 5.69. The second-order valence-corrected chi connectivity index (χ2v) is 5.69. The van der Waals surface area contributed by atoms with Crippen LogP contribution in [0.3, 0.4) is 0 Å². The number of rotatable bonds is 6. The lowest BCUT2D eigenvalue weighted by atomic mass is 10.0. The van der Waals surface area contributed by atoms with Crippen molar-refractivity contribution in [3.05, 3.63) is 59.7 Å². The molecule has 3 heteroatoms. The first kappa shape index (κ1) is 16.1. The number of carbonyl (C=O) groups excluding carboxylic acids is 1. The summed E-state index contributed by atoms with van der Waals surface area (Å²) in [5, 5.41) is 6.12. The van der Waals surface area contributed by atoms with Crippen molar-refractivity contribution in [1.82, 2.24) is 0 Å². The van der Waals surface area contributed by atoms with Crippen LogP contribution in [-0.4, -0.2) is 12.5 Å². The Balaban J connectivity index is 1.90. The highest BCUT2D eigenvalue weighted by Gasteiger charge is 2.05. The molecule has 0 aliphatic heterocycles. The fourth-order valence-corrected chi connectivity index (χ4v) is 2.33. The molecular weight excluding hydrogens is 272 g/mol. The molecule has 2 aromatic carbocycles. The SMILES string of the molecule is CCc1ccccc1NCC(=O)Nc1ccc(C(C)C)cc1. The van der Waals surface area contributed by atoms with Gasteiger partial charge < -0.3 is 10.6 Å². The molecule has 2 aromatic rings. The Morgan fingerprint density at radius 2 is 1.73 bits per heavy atom. The van der Waals surface area contributed by atoms with Crippen molar-refractivity contribution in [3.63, 3.8) is 0 Å². The molecule has 0 saturated carbocycles. The minimum Gasteiger partial charge on any atom is -0.376 e. The first-order valence-electron chi connectivity index (χ1n) is 7.81. The standard InChI is InChI=1S/C19H24N2O/c1-4-15-7-5-6-8-18(15)20-13-19(22)21-17-11-9-16(10-12-17)14(2)3/h5-12,14,20H,4,13H2,1-3H3,(H,21,22). The van der Waals surface area contributed by atoms with Crippen LogP contribution >= 0.6 is 0 Å². The van der Waals surface area contributed by atoms with E-state index in [1.165, 1.54) is 11.1 Å². The largest absolute Gasteiger partial charge is 0.376 e. The van der Waals surface area contributed by atoms with Crippen LogP contribution in [0.2, 0.25) is 0 Å². The van der Waals surface area contributed by atoms with Gasteiger partial charge in [0.05, 0.1) is 6.54 Å². The lowest BCUT2D eigenvalue weighted by Gasteiger charge is -2.11. The van der Waals surface area contributed by atoms with Gasteiger partial charge in [0, 0.05) is 11.4 Å². The third-order valence-corrected chi connectivity index (χ3v) is 3.70. The maximum atomic E-state index is 12.0. The van der Waals surface area contributed by atoms with Gasteiger partial charge in [-0.1, -0.05) is 51.1 Å². The third-order valence-electron chi connectivity index (χ3n) is 3.70. The first-order valence-corrected chi connectivity index (χ1v) is 7.81. The maximum Gasteiger partial charge on any atom is 0.243 e. The van der Waals surface area contributed by atoms with Crippen molar-refractivity contribution in [3.8, 4) is 0 Å². The monoisotopic (exact) mass is 296 g/mol. The molecule has 116 valence electrons. The molecule has 0 aliphatic carbocycles. The molecule has 0 aliphatic rings. The fourth-order valence-electron chi connectivity index (χ4n) is 2.33. The smallest absolute Gasteiger partial charge is 0.243 e. The van der Waals surface area contributed by atoms with Gasteiger partial charge in [-0.15, -0.1) is 0 Å². The number of amides is 1. The molecule has 0 atom stereocenters. The predicted octanol–water partition coefficient (Wildman–Crippen LogP) is 4.42. The van der Waals surface area contributed by atoms with Crippen molar-refractivity contribution in [2.75, 3.05) is 17.2 Å². The van der Waals surface area contributed by atoms with Gasteiger partial charge >= 0.3 is 0 Å². The van der Waals surface area contributed by atoms with Crippen LogP contribution in [0, 0.1) is 0 Å². The zero-order valence-electron chi connectivity index (χ0n) is 13.5. The maximum absolute atomic E-state index is 12.0. The molecule has 0 aromatic heterocycles. The summed E-state index contributed by atoms with van der Waals surface area (Å²) in [6, 6.07) is 16.1. The zero-order valence-corrected chi connectivity index (χ0v) is 13.5. The van der Waals surface area contributed by atoms with Gasteiger partial charge in [0.25, 0.3) is 0 Å². The lowest BCUT2D eigenvalue weighted by molar-refractivity contribution is -0.114. The molecule has 3 nitrogen and oxygen atoms in total. The molecule has 0 saturated heterocycles. The Morgan fingerprint density at radius 1 is 1.05 bits per heavy atom. The van der Waals surface area contributed by atoms with Crippen molar-refractivity contribution < 1.29 is 4.79 Å². The quantitative estimate of drug-likeness (QED) is 0.828. The summed E-state index contributed by atoms with van der Waals surface area (Å²) in [5.74, 6) is 0.458. The Bertz CT molecular complexity index is 618. The van der Waals surface area contributed by atoms with Crippen LogP contribution < -0.4 is 10.6 Å².